The summed E-state index contributed by atoms with van der Waals surface area (Å²) in [5, 5.41) is 2.66. The van der Waals surface area contributed by atoms with Crippen LogP contribution in [0.3, 0.4) is 0 Å². The highest BCUT2D eigenvalue weighted by Gasteiger charge is 2.22. The third kappa shape index (κ3) is 2.61. The number of piperazine rings is 1. The first kappa shape index (κ1) is 11.3. The van der Waals surface area contributed by atoms with Gasteiger partial charge in [-0.15, -0.1) is 0 Å². The molecule has 1 aliphatic rings. The Morgan fingerprint density at radius 2 is 1.93 bits per heavy atom. The summed E-state index contributed by atoms with van der Waals surface area (Å²) in [5.41, 5.74) is 0. The van der Waals surface area contributed by atoms with Crippen molar-refractivity contribution in [3.8, 4) is 0 Å². The first-order chi connectivity index (χ1) is 6.69. The quantitative estimate of drug-likeness (QED) is 0.712. The second-order valence-corrected chi connectivity index (χ2v) is 3.84. The van der Waals surface area contributed by atoms with E-state index < -0.39 is 0 Å². The first-order valence-corrected chi connectivity index (χ1v) is 5.39. The molecule has 1 N–H and O–H groups in total. The maximum absolute atomic E-state index is 11.3. The van der Waals surface area contributed by atoms with E-state index in [2.05, 4.69) is 24.1 Å². The van der Waals surface area contributed by atoms with Gasteiger partial charge >= 0.3 is 6.03 Å². The Balaban J connectivity index is 2.34. The second kappa shape index (κ2) is 5.20. The molecule has 1 atom stereocenters. The predicted molar refractivity (Wildman–Crippen MR) is 57.4 cm³/mol. The van der Waals surface area contributed by atoms with E-state index in [0.717, 1.165) is 26.2 Å². The summed E-state index contributed by atoms with van der Waals surface area (Å²) in [6.45, 7) is 8.16. The van der Waals surface area contributed by atoms with Crippen LogP contribution in [-0.2, 0) is 0 Å². The molecule has 1 saturated heterocycles. The van der Waals surface area contributed by atoms with Crippen LogP contribution in [0.25, 0.3) is 0 Å². The van der Waals surface area contributed by atoms with Crippen LogP contribution in [0.15, 0.2) is 0 Å². The van der Waals surface area contributed by atoms with Gasteiger partial charge in [0.05, 0.1) is 0 Å². The van der Waals surface area contributed by atoms with Crippen molar-refractivity contribution in [3.05, 3.63) is 0 Å². The van der Waals surface area contributed by atoms with Crippen molar-refractivity contribution in [2.24, 2.45) is 0 Å². The van der Waals surface area contributed by atoms with Gasteiger partial charge in [0, 0.05) is 39.3 Å². The number of hydrogen-bond acceptors (Lipinski definition) is 2. The fourth-order valence-electron chi connectivity index (χ4n) is 1.78. The van der Waals surface area contributed by atoms with Crippen LogP contribution in [0.1, 0.15) is 20.3 Å². The molecular formula is C10H21N3O. The summed E-state index contributed by atoms with van der Waals surface area (Å²) in [4.78, 5) is 15.6. The highest BCUT2D eigenvalue weighted by atomic mass is 16.2. The minimum atomic E-state index is 0.0498. The SMILES string of the molecule is CCC(C)N1CCN(C(=O)NC)CC1. The van der Waals surface area contributed by atoms with Crippen molar-refractivity contribution >= 4 is 6.03 Å². The van der Waals surface area contributed by atoms with E-state index in [-0.39, 0.29) is 6.03 Å². The van der Waals surface area contributed by atoms with Crippen LogP contribution < -0.4 is 5.32 Å². The highest BCUT2D eigenvalue weighted by Crippen LogP contribution is 2.08. The topological polar surface area (TPSA) is 35.6 Å². The van der Waals surface area contributed by atoms with E-state index in [1.165, 1.54) is 6.42 Å². The molecule has 1 rings (SSSR count). The van der Waals surface area contributed by atoms with Gasteiger partial charge < -0.3 is 10.2 Å². The van der Waals surface area contributed by atoms with Crippen molar-refractivity contribution < 1.29 is 4.79 Å². The van der Waals surface area contributed by atoms with Crippen molar-refractivity contribution in [2.75, 3.05) is 33.2 Å². The van der Waals surface area contributed by atoms with Crippen LogP contribution in [0.2, 0.25) is 0 Å². The summed E-state index contributed by atoms with van der Waals surface area (Å²) in [7, 11) is 1.68. The van der Waals surface area contributed by atoms with Gasteiger partial charge in [0.25, 0.3) is 0 Å². The van der Waals surface area contributed by atoms with Crippen molar-refractivity contribution in [3.63, 3.8) is 0 Å². The van der Waals surface area contributed by atoms with Crippen molar-refractivity contribution in [1.29, 1.82) is 0 Å². The molecule has 1 unspecified atom stereocenters. The molecule has 0 aromatic carbocycles. The second-order valence-electron chi connectivity index (χ2n) is 3.84. The van der Waals surface area contributed by atoms with E-state index >= 15 is 0 Å². The lowest BCUT2D eigenvalue weighted by molar-refractivity contribution is 0.113. The zero-order valence-corrected chi connectivity index (χ0v) is 9.42. The number of hydrogen-bond donors (Lipinski definition) is 1. The van der Waals surface area contributed by atoms with E-state index in [1.54, 1.807) is 7.05 Å². The standard InChI is InChI=1S/C10H21N3O/c1-4-9(2)12-5-7-13(8-6-12)10(14)11-3/h9H,4-8H2,1-3H3,(H,11,14). The fourth-order valence-corrected chi connectivity index (χ4v) is 1.78. The van der Waals surface area contributed by atoms with E-state index in [0.29, 0.717) is 6.04 Å². The minimum Gasteiger partial charge on any atom is -0.341 e. The Labute approximate surface area is 86.2 Å². The van der Waals surface area contributed by atoms with Gasteiger partial charge in [-0.2, -0.15) is 0 Å². The Morgan fingerprint density at radius 1 is 1.36 bits per heavy atom. The molecule has 0 aromatic rings. The molecule has 0 saturated carbocycles. The lowest BCUT2D eigenvalue weighted by Crippen LogP contribution is -2.53. The molecule has 0 bridgehead atoms. The number of carbonyl (C=O) groups excluding carboxylic acids is 1. The molecule has 0 spiro atoms. The number of rotatable bonds is 2. The summed E-state index contributed by atoms with van der Waals surface area (Å²) in [6, 6.07) is 0.690. The normalized spacial score (nSPS) is 20.6. The molecule has 14 heavy (non-hydrogen) atoms. The van der Waals surface area contributed by atoms with Gasteiger partial charge in [0.15, 0.2) is 0 Å². The third-order valence-corrected chi connectivity index (χ3v) is 3.03. The van der Waals surface area contributed by atoms with Crippen LogP contribution in [-0.4, -0.2) is 55.1 Å². The molecular weight excluding hydrogens is 178 g/mol. The molecule has 82 valence electrons. The van der Waals surface area contributed by atoms with Crippen molar-refractivity contribution in [1.82, 2.24) is 15.1 Å². The number of urea groups is 1. The Kier molecular flexibility index (Phi) is 4.20. The first-order valence-electron chi connectivity index (χ1n) is 5.39. The maximum Gasteiger partial charge on any atom is 0.317 e. The number of carbonyl (C=O) groups is 1. The molecule has 0 aliphatic carbocycles. The van der Waals surface area contributed by atoms with Crippen LogP contribution in [0.5, 0.6) is 0 Å². The Hall–Kier alpha value is -0.770. The van der Waals surface area contributed by atoms with E-state index in [1.807, 2.05) is 4.90 Å². The van der Waals surface area contributed by atoms with Gasteiger partial charge in [0.1, 0.15) is 0 Å². The monoisotopic (exact) mass is 199 g/mol. The van der Waals surface area contributed by atoms with Gasteiger partial charge in [-0.05, 0) is 13.3 Å². The summed E-state index contributed by atoms with van der Waals surface area (Å²) < 4.78 is 0. The summed E-state index contributed by atoms with van der Waals surface area (Å²) in [6.07, 6.45) is 1.18. The molecule has 1 heterocycles. The maximum atomic E-state index is 11.3. The molecule has 0 radical (unpaired) electrons. The molecule has 4 nitrogen and oxygen atoms in total. The van der Waals surface area contributed by atoms with Crippen LogP contribution >= 0.6 is 0 Å². The van der Waals surface area contributed by atoms with Gasteiger partial charge in [0.2, 0.25) is 0 Å². The zero-order chi connectivity index (χ0) is 10.6. The average molecular weight is 199 g/mol. The molecule has 0 aromatic heterocycles. The lowest BCUT2D eigenvalue weighted by atomic mass is 10.2. The smallest absolute Gasteiger partial charge is 0.317 e. The van der Waals surface area contributed by atoms with E-state index in [9.17, 15) is 4.79 Å². The Morgan fingerprint density at radius 3 is 2.36 bits per heavy atom. The van der Waals surface area contributed by atoms with Crippen LogP contribution in [0.4, 0.5) is 4.79 Å². The predicted octanol–water partition coefficient (Wildman–Crippen LogP) is 0.742. The number of nitrogens with zero attached hydrogens (tertiary/aromatic N) is 2. The van der Waals surface area contributed by atoms with Gasteiger partial charge in [-0.1, -0.05) is 6.92 Å². The largest absolute Gasteiger partial charge is 0.341 e. The fraction of sp³-hybridized carbons (Fsp3) is 0.900. The zero-order valence-electron chi connectivity index (χ0n) is 9.42. The van der Waals surface area contributed by atoms with Gasteiger partial charge in [-0.25, -0.2) is 4.79 Å². The molecule has 4 heteroatoms. The Bertz CT molecular complexity index is 188. The lowest BCUT2D eigenvalue weighted by Gasteiger charge is -2.37. The third-order valence-electron chi connectivity index (χ3n) is 3.03. The van der Waals surface area contributed by atoms with Crippen LogP contribution in [0, 0.1) is 0 Å². The molecule has 1 fully saturated rings. The highest BCUT2D eigenvalue weighted by molar-refractivity contribution is 5.73. The minimum absolute atomic E-state index is 0.0498. The summed E-state index contributed by atoms with van der Waals surface area (Å²) >= 11 is 0. The molecule has 1 aliphatic heterocycles. The van der Waals surface area contributed by atoms with E-state index in [4.69, 9.17) is 0 Å². The summed E-state index contributed by atoms with van der Waals surface area (Å²) in [5.74, 6) is 0. The number of nitrogens with one attached hydrogen (secondary N) is 1. The molecule has 2 amide bonds. The van der Waals surface area contributed by atoms with Crippen molar-refractivity contribution in [2.45, 2.75) is 26.3 Å². The van der Waals surface area contributed by atoms with Gasteiger partial charge in [-0.3, -0.25) is 4.90 Å². The average Bonchev–Trinajstić information content (AvgIpc) is 2.27. The number of amides is 2.